The molecule has 1 saturated heterocycles. The van der Waals surface area contributed by atoms with Gasteiger partial charge < -0.3 is 10.2 Å². The summed E-state index contributed by atoms with van der Waals surface area (Å²) in [7, 11) is 0. The Morgan fingerprint density at radius 2 is 1.81 bits per heavy atom. The Kier molecular flexibility index (Phi) is 5.84. The van der Waals surface area contributed by atoms with E-state index in [1.54, 1.807) is 12.4 Å². The number of rotatable bonds is 4. The summed E-state index contributed by atoms with van der Waals surface area (Å²) in [5, 5.41) is 8.40. The monoisotopic (exact) mass is 497 g/mol. The molecule has 2 unspecified atom stereocenters. The first-order chi connectivity index (χ1) is 17.3. The van der Waals surface area contributed by atoms with Crippen molar-refractivity contribution in [3.63, 3.8) is 0 Å². The molecular formula is C26H30F3N7. The fourth-order valence-corrected chi connectivity index (χ4v) is 6.23. The van der Waals surface area contributed by atoms with Crippen molar-refractivity contribution in [1.29, 1.82) is 0 Å². The number of hydrogen-bond acceptors (Lipinski definition) is 6. The molecule has 36 heavy (non-hydrogen) atoms. The zero-order valence-corrected chi connectivity index (χ0v) is 20.2. The predicted octanol–water partition coefficient (Wildman–Crippen LogP) is 5.04. The number of nitrogens with one attached hydrogen (secondary N) is 1. The van der Waals surface area contributed by atoms with Crippen molar-refractivity contribution in [2.45, 2.75) is 63.7 Å². The van der Waals surface area contributed by atoms with Crippen LogP contribution >= 0.6 is 0 Å². The zero-order chi connectivity index (χ0) is 24.9. The van der Waals surface area contributed by atoms with Crippen LogP contribution in [0.3, 0.4) is 0 Å². The topological polar surface area (TPSA) is 71.8 Å². The first kappa shape index (κ1) is 23.2. The summed E-state index contributed by atoms with van der Waals surface area (Å²) >= 11 is 0. The average Bonchev–Trinajstić information content (AvgIpc) is 3.25. The minimum absolute atomic E-state index is 0.197. The lowest BCUT2D eigenvalue weighted by atomic mass is 9.92. The number of halogens is 3. The van der Waals surface area contributed by atoms with E-state index in [0.29, 0.717) is 23.3 Å². The Balaban J connectivity index is 1.22. The third-order valence-corrected chi connectivity index (χ3v) is 7.98. The summed E-state index contributed by atoms with van der Waals surface area (Å²) in [4.78, 5) is 15.9. The molecule has 1 aliphatic carbocycles. The van der Waals surface area contributed by atoms with Crippen LogP contribution in [0.5, 0.6) is 0 Å². The zero-order valence-electron chi connectivity index (χ0n) is 20.2. The van der Waals surface area contributed by atoms with Crippen molar-refractivity contribution in [3.05, 3.63) is 59.3 Å². The highest BCUT2D eigenvalue weighted by molar-refractivity contribution is 5.42. The summed E-state index contributed by atoms with van der Waals surface area (Å²) in [6.45, 7) is 4.56. The lowest BCUT2D eigenvalue weighted by Crippen LogP contribution is -2.48. The van der Waals surface area contributed by atoms with Crippen LogP contribution in [-0.2, 0) is 12.7 Å². The van der Waals surface area contributed by atoms with E-state index in [9.17, 15) is 13.2 Å². The van der Waals surface area contributed by atoms with Gasteiger partial charge in [0.05, 0.1) is 5.56 Å². The molecule has 10 heteroatoms. The second-order valence-electron chi connectivity index (χ2n) is 10.4. The second-order valence-corrected chi connectivity index (χ2v) is 10.4. The van der Waals surface area contributed by atoms with Crippen molar-refractivity contribution >= 4 is 11.8 Å². The number of fused-ring (bicyclic) bond motifs is 3. The number of piperidine rings is 1. The number of benzene rings is 1. The van der Waals surface area contributed by atoms with Gasteiger partial charge in [-0.15, -0.1) is 5.10 Å². The molecule has 0 spiro atoms. The van der Waals surface area contributed by atoms with Crippen molar-refractivity contribution < 1.29 is 13.2 Å². The van der Waals surface area contributed by atoms with Crippen LogP contribution in [0.4, 0.5) is 24.9 Å². The van der Waals surface area contributed by atoms with Crippen LogP contribution in [0.15, 0.2) is 36.7 Å². The summed E-state index contributed by atoms with van der Waals surface area (Å²) in [5.41, 5.74) is 1.00. The summed E-state index contributed by atoms with van der Waals surface area (Å²) in [6, 6.07) is 7.99. The summed E-state index contributed by atoms with van der Waals surface area (Å²) < 4.78 is 42.0. The molecule has 6 rings (SSSR count). The smallest absolute Gasteiger partial charge is 0.356 e. The lowest BCUT2D eigenvalue weighted by Gasteiger charge is -2.38. The van der Waals surface area contributed by atoms with Gasteiger partial charge in [0.25, 0.3) is 0 Å². The first-order valence-electron chi connectivity index (χ1n) is 12.8. The van der Waals surface area contributed by atoms with Crippen LogP contribution < -0.4 is 10.2 Å². The molecule has 4 heterocycles. The van der Waals surface area contributed by atoms with Gasteiger partial charge in [0.2, 0.25) is 5.95 Å². The molecule has 7 nitrogen and oxygen atoms in total. The van der Waals surface area contributed by atoms with E-state index in [2.05, 4.69) is 20.2 Å². The SMILES string of the molecule is Cc1cc(N2CC3CC[C@@H](C2)C3Nc2nc3n(n2)CCCC[C@@H]3c2cccc(C(F)(F)F)c2)ncn1. The Morgan fingerprint density at radius 1 is 1.00 bits per heavy atom. The molecule has 2 fully saturated rings. The molecule has 0 amide bonds. The fourth-order valence-electron chi connectivity index (χ4n) is 6.23. The molecule has 2 aromatic heterocycles. The minimum atomic E-state index is -4.36. The number of nitrogens with zero attached hydrogens (tertiary/aromatic N) is 6. The molecule has 0 radical (unpaired) electrons. The summed E-state index contributed by atoms with van der Waals surface area (Å²) in [6.07, 6.45) is 2.18. The van der Waals surface area contributed by atoms with Gasteiger partial charge in [-0.1, -0.05) is 24.6 Å². The van der Waals surface area contributed by atoms with Crippen LogP contribution in [0.1, 0.15) is 60.7 Å². The Hall–Kier alpha value is -3.17. The van der Waals surface area contributed by atoms with Crippen LogP contribution in [0.25, 0.3) is 0 Å². The fraction of sp³-hybridized carbons (Fsp3) is 0.538. The van der Waals surface area contributed by atoms with E-state index >= 15 is 0 Å². The average molecular weight is 498 g/mol. The molecule has 190 valence electrons. The predicted molar refractivity (Wildman–Crippen MR) is 130 cm³/mol. The maximum atomic E-state index is 13.4. The first-order valence-corrected chi connectivity index (χ1v) is 12.8. The van der Waals surface area contributed by atoms with Gasteiger partial charge in [-0.2, -0.15) is 18.2 Å². The van der Waals surface area contributed by atoms with Crippen molar-refractivity contribution in [2.75, 3.05) is 23.3 Å². The van der Waals surface area contributed by atoms with Gasteiger partial charge in [0, 0.05) is 43.4 Å². The third kappa shape index (κ3) is 4.41. The van der Waals surface area contributed by atoms with Gasteiger partial charge in [0.15, 0.2) is 0 Å². The standard InChI is InChI=1S/C26H30F3N7/c1-16-11-22(31-15-30-16)35-13-18-8-9-19(14-35)23(18)32-25-33-24-21(7-2-3-10-36(24)34-25)17-5-4-6-20(12-17)26(27,28)29/h4-6,11-12,15,18-19,21,23H,2-3,7-10,13-14H2,1H3,(H,32,34)/t18-,19?,21+,23?/m0/s1. The van der Waals surface area contributed by atoms with Crippen molar-refractivity contribution in [2.24, 2.45) is 11.8 Å². The van der Waals surface area contributed by atoms with Gasteiger partial charge in [-0.3, -0.25) is 0 Å². The van der Waals surface area contributed by atoms with E-state index in [1.165, 1.54) is 12.1 Å². The normalized spacial score (nSPS) is 25.9. The van der Waals surface area contributed by atoms with Gasteiger partial charge >= 0.3 is 6.18 Å². The van der Waals surface area contributed by atoms with Crippen LogP contribution in [0, 0.1) is 18.8 Å². The van der Waals surface area contributed by atoms with Crippen molar-refractivity contribution in [1.82, 2.24) is 24.7 Å². The van der Waals surface area contributed by atoms with Crippen LogP contribution in [0.2, 0.25) is 0 Å². The number of hydrogen-bond donors (Lipinski definition) is 1. The van der Waals surface area contributed by atoms with E-state index in [4.69, 9.17) is 10.1 Å². The number of aromatic nitrogens is 5. The lowest BCUT2D eigenvalue weighted by molar-refractivity contribution is -0.137. The molecule has 1 aromatic carbocycles. The number of aryl methyl sites for hydroxylation is 2. The molecule has 1 N–H and O–H groups in total. The summed E-state index contributed by atoms with van der Waals surface area (Å²) in [5.74, 6) is 3.06. The Bertz CT molecular complexity index is 1230. The number of anilines is 2. The van der Waals surface area contributed by atoms with Crippen molar-refractivity contribution in [3.8, 4) is 0 Å². The molecule has 4 atom stereocenters. The largest absolute Gasteiger partial charge is 0.416 e. The van der Waals surface area contributed by atoms with E-state index in [0.717, 1.165) is 75.1 Å². The van der Waals surface area contributed by atoms with Gasteiger partial charge in [-0.25, -0.2) is 14.6 Å². The Labute approximate surface area is 208 Å². The molecule has 2 bridgehead atoms. The molecule has 3 aliphatic rings. The third-order valence-electron chi connectivity index (χ3n) is 7.98. The quantitative estimate of drug-likeness (QED) is 0.545. The highest BCUT2D eigenvalue weighted by Crippen LogP contribution is 2.40. The van der Waals surface area contributed by atoms with Gasteiger partial charge in [0.1, 0.15) is 18.0 Å². The maximum absolute atomic E-state index is 13.4. The molecule has 1 saturated carbocycles. The number of alkyl halides is 3. The maximum Gasteiger partial charge on any atom is 0.416 e. The van der Waals surface area contributed by atoms with E-state index in [-0.39, 0.29) is 12.0 Å². The van der Waals surface area contributed by atoms with Crippen LogP contribution in [-0.4, -0.2) is 43.9 Å². The minimum Gasteiger partial charge on any atom is -0.356 e. The van der Waals surface area contributed by atoms with Gasteiger partial charge in [-0.05, 0) is 56.1 Å². The van der Waals surface area contributed by atoms with E-state index in [1.807, 2.05) is 17.7 Å². The Morgan fingerprint density at radius 3 is 2.56 bits per heavy atom. The molecule has 3 aromatic rings. The van der Waals surface area contributed by atoms with E-state index < -0.39 is 11.7 Å². The molecular weight excluding hydrogens is 467 g/mol. The second kappa shape index (κ2) is 9.05. The highest BCUT2D eigenvalue weighted by Gasteiger charge is 2.43. The molecule has 2 aliphatic heterocycles. The highest BCUT2D eigenvalue weighted by atomic mass is 19.4.